The molecule has 1 heterocycles. The van der Waals surface area contributed by atoms with E-state index >= 15 is 0 Å². The summed E-state index contributed by atoms with van der Waals surface area (Å²) < 4.78 is 6.07. The van der Waals surface area contributed by atoms with Crippen LogP contribution in [0, 0.1) is 0 Å². The first-order chi connectivity index (χ1) is 9.76. The Morgan fingerprint density at radius 3 is 3.00 bits per heavy atom. The Morgan fingerprint density at radius 1 is 1.30 bits per heavy atom. The van der Waals surface area contributed by atoms with E-state index in [2.05, 4.69) is 34.2 Å². The molecule has 4 nitrogen and oxygen atoms in total. The van der Waals surface area contributed by atoms with E-state index in [4.69, 9.17) is 10.5 Å². The van der Waals surface area contributed by atoms with Crippen molar-refractivity contribution in [3.8, 4) is 5.88 Å². The Hall–Kier alpha value is -2.10. The second kappa shape index (κ2) is 5.49. The average molecular weight is 269 g/mol. The molecule has 20 heavy (non-hydrogen) atoms. The van der Waals surface area contributed by atoms with Crippen LogP contribution in [-0.2, 0) is 12.8 Å². The SMILES string of the molecule is CCc1nc(N)cc(OC2CCCc3ccccc32)n1. The molecule has 2 N–H and O–H groups in total. The molecule has 0 fully saturated rings. The van der Waals surface area contributed by atoms with Crippen LogP contribution in [0.5, 0.6) is 5.88 Å². The zero-order valence-corrected chi connectivity index (χ0v) is 11.7. The van der Waals surface area contributed by atoms with Gasteiger partial charge in [-0.15, -0.1) is 0 Å². The topological polar surface area (TPSA) is 61.0 Å². The summed E-state index contributed by atoms with van der Waals surface area (Å²) in [6.07, 6.45) is 4.11. The molecule has 0 radical (unpaired) electrons. The Bertz CT molecular complexity index is 612. The maximum absolute atomic E-state index is 6.07. The molecule has 1 unspecified atom stereocenters. The molecule has 0 bridgehead atoms. The summed E-state index contributed by atoms with van der Waals surface area (Å²) in [4.78, 5) is 8.58. The summed E-state index contributed by atoms with van der Waals surface area (Å²) in [6.45, 7) is 2.01. The van der Waals surface area contributed by atoms with Gasteiger partial charge in [-0.25, -0.2) is 4.98 Å². The molecule has 1 atom stereocenters. The van der Waals surface area contributed by atoms with E-state index in [0.717, 1.165) is 31.5 Å². The van der Waals surface area contributed by atoms with Gasteiger partial charge in [-0.2, -0.15) is 4.98 Å². The highest BCUT2D eigenvalue weighted by Gasteiger charge is 2.21. The van der Waals surface area contributed by atoms with E-state index < -0.39 is 0 Å². The molecule has 0 saturated heterocycles. The summed E-state index contributed by atoms with van der Waals surface area (Å²) >= 11 is 0. The number of aromatic nitrogens is 2. The first kappa shape index (κ1) is 12.9. The average Bonchev–Trinajstić information content (AvgIpc) is 2.47. The van der Waals surface area contributed by atoms with Crippen LogP contribution in [0.1, 0.15) is 42.8 Å². The molecule has 1 aromatic heterocycles. The Kier molecular flexibility index (Phi) is 3.54. The lowest BCUT2D eigenvalue weighted by atomic mass is 9.89. The van der Waals surface area contributed by atoms with Crippen molar-refractivity contribution in [1.29, 1.82) is 0 Å². The number of aryl methyl sites for hydroxylation is 2. The summed E-state index contributed by atoms with van der Waals surface area (Å²) in [5, 5.41) is 0. The number of rotatable bonds is 3. The number of fused-ring (bicyclic) bond motifs is 1. The number of benzene rings is 1. The Morgan fingerprint density at radius 2 is 2.15 bits per heavy atom. The molecule has 104 valence electrons. The minimum atomic E-state index is 0.0685. The van der Waals surface area contributed by atoms with Crippen molar-refractivity contribution in [2.75, 3.05) is 5.73 Å². The second-order valence-electron chi connectivity index (χ2n) is 5.10. The van der Waals surface area contributed by atoms with Gasteiger partial charge in [-0.3, -0.25) is 0 Å². The molecule has 3 rings (SSSR count). The van der Waals surface area contributed by atoms with Gasteiger partial charge in [-0.05, 0) is 30.4 Å². The molecule has 1 aliphatic rings. The maximum atomic E-state index is 6.07. The van der Waals surface area contributed by atoms with Crippen molar-refractivity contribution < 1.29 is 4.74 Å². The monoisotopic (exact) mass is 269 g/mol. The summed E-state index contributed by atoms with van der Waals surface area (Å²) in [6, 6.07) is 10.2. The lowest BCUT2D eigenvalue weighted by Crippen LogP contribution is -2.16. The Labute approximate surface area is 119 Å². The molecular weight excluding hydrogens is 250 g/mol. The molecule has 1 aromatic carbocycles. The highest BCUT2D eigenvalue weighted by atomic mass is 16.5. The fraction of sp³-hybridized carbons (Fsp3) is 0.375. The standard InChI is InChI=1S/C16H19N3O/c1-2-15-18-14(17)10-16(19-15)20-13-9-5-7-11-6-3-4-8-12(11)13/h3-4,6,8,10,13H,2,5,7,9H2,1H3,(H2,17,18,19). The molecule has 0 amide bonds. The maximum Gasteiger partial charge on any atom is 0.219 e. The predicted molar refractivity (Wildman–Crippen MR) is 78.6 cm³/mol. The van der Waals surface area contributed by atoms with Gasteiger partial charge in [0.25, 0.3) is 0 Å². The van der Waals surface area contributed by atoms with Gasteiger partial charge in [0.1, 0.15) is 17.7 Å². The molecule has 0 aliphatic heterocycles. The summed E-state index contributed by atoms with van der Waals surface area (Å²) in [5.74, 6) is 1.77. The number of anilines is 1. The van der Waals surface area contributed by atoms with E-state index in [1.807, 2.05) is 6.92 Å². The van der Waals surface area contributed by atoms with E-state index in [-0.39, 0.29) is 6.10 Å². The van der Waals surface area contributed by atoms with Crippen LogP contribution in [0.15, 0.2) is 30.3 Å². The second-order valence-corrected chi connectivity index (χ2v) is 5.10. The zero-order chi connectivity index (χ0) is 13.9. The number of hydrogen-bond acceptors (Lipinski definition) is 4. The van der Waals surface area contributed by atoms with Crippen LogP contribution in [0.3, 0.4) is 0 Å². The van der Waals surface area contributed by atoms with E-state index in [0.29, 0.717) is 11.7 Å². The van der Waals surface area contributed by atoms with Crippen molar-refractivity contribution in [1.82, 2.24) is 9.97 Å². The molecule has 1 aliphatic carbocycles. The van der Waals surface area contributed by atoms with Crippen molar-refractivity contribution in [2.24, 2.45) is 0 Å². The number of nitrogens with zero attached hydrogens (tertiary/aromatic N) is 2. The molecule has 4 heteroatoms. The fourth-order valence-corrected chi connectivity index (χ4v) is 2.69. The van der Waals surface area contributed by atoms with E-state index in [1.54, 1.807) is 6.07 Å². The summed E-state index contributed by atoms with van der Waals surface area (Å²) in [7, 11) is 0. The minimum Gasteiger partial charge on any atom is -0.469 e. The predicted octanol–water partition coefficient (Wildman–Crippen LogP) is 3.08. The number of nitrogen functional groups attached to an aromatic ring is 1. The van der Waals surface area contributed by atoms with Gasteiger partial charge >= 0.3 is 0 Å². The van der Waals surface area contributed by atoms with Gasteiger partial charge in [-0.1, -0.05) is 31.2 Å². The van der Waals surface area contributed by atoms with Crippen LogP contribution in [0.4, 0.5) is 5.82 Å². The Balaban J connectivity index is 1.87. The van der Waals surface area contributed by atoms with Crippen LogP contribution in [0.25, 0.3) is 0 Å². The van der Waals surface area contributed by atoms with Crippen LogP contribution < -0.4 is 10.5 Å². The highest BCUT2D eigenvalue weighted by Crippen LogP contribution is 2.33. The number of hydrogen-bond donors (Lipinski definition) is 1. The zero-order valence-electron chi connectivity index (χ0n) is 11.7. The van der Waals surface area contributed by atoms with Gasteiger partial charge in [0, 0.05) is 12.5 Å². The minimum absolute atomic E-state index is 0.0685. The van der Waals surface area contributed by atoms with Crippen molar-refractivity contribution >= 4 is 5.82 Å². The van der Waals surface area contributed by atoms with Crippen LogP contribution in [0.2, 0.25) is 0 Å². The van der Waals surface area contributed by atoms with Gasteiger partial charge in [0.05, 0.1) is 0 Å². The summed E-state index contributed by atoms with van der Waals surface area (Å²) in [5.41, 5.74) is 8.45. The van der Waals surface area contributed by atoms with Crippen LogP contribution in [-0.4, -0.2) is 9.97 Å². The largest absolute Gasteiger partial charge is 0.469 e. The lowest BCUT2D eigenvalue weighted by Gasteiger charge is -2.25. The third-order valence-corrected chi connectivity index (χ3v) is 3.66. The third kappa shape index (κ3) is 2.59. The molecular formula is C16H19N3O. The van der Waals surface area contributed by atoms with Crippen molar-refractivity contribution in [3.05, 3.63) is 47.3 Å². The van der Waals surface area contributed by atoms with Gasteiger partial charge in [0.15, 0.2) is 0 Å². The first-order valence-corrected chi connectivity index (χ1v) is 7.14. The molecule has 2 aromatic rings. The number of nitrogens with two attached hydrogens (primary N) is 1. The van der Waals surface area contributed by atoms with Crippen molar-refractivity contribution in [3.63, 3.8) is 0 Å². The van der Waals surface area contributed by atoms with Gasteiger partial charge in [0.2, 0.25) is 5.88 Å². The highest BCUT2D eigenvalue weighted by molar-refractivity contribution is 5.35. The third-order valence-electron chi connectivity index (χ3n) is 3.66. The molecule has 0 saturated carbocycles. The quantitative estimate of drug-likeness (QED) is 0.930. The lowest BCUT2D eigenvalue weighted by molar-refractivity contribution is 0.175. The smallest absolute Gasteiger partial charge is 0.219 e. The van der Waals surface area contributed by atoms with Gasteiger partial charge < -0.3 is 10.5 Å². The van der Waals surface area contributed by atoms with E-state index in [1.165, 1.54) is 11.1 Å². The van der Waals surface area contributed by atoms with Crippen molar-refractivity contribution in [2.45, 2.75) is 38.7 Å². The normalized spacial score (nSPS) is 17.6. The fourth-order valence-electron chi connectivity index (χ4n) is 2.69. The van der Waals surface area contributed by atoms with E-state index in [9.17, 15) is 0 Å². The first-order valence-electron chi connectivity index (χ1n) is 7.14. The number of ether oxygens (including phenoxy) is 1. The van der Waals surface area contributed by atoms with Crippen LogP contribution >= 0.6 is 0 Å². The molecule has 0 spiro atoms.